The zero-order valence-electron chi connectivity index (χ0n) is 13.2. The standard InChI is InChI=1S/C16H22N2O4S/c1-17-16(19)13-2-6-15(7-3-13)23(20,21)18(14-4-5-14)10-12-8-9-22-11-12/h2-3,6-7,12,14H,4-5,8-11H2,1H3,(H,17,19). The van der Waals surface area contributed by atoms with Gasteiger partial charge in [-0.2, -0.15) is 4.31 Å². The van der Waals surface area contributed by atoms with E-state index in [4.69, 9.17) is 4.74 Å². The van der Waals surface area contributed by atoms with Crippen LogP contribution in [-0.4, -0.2) is 51.5 Å². The van der Waals surface area contributed by atoms with Gasteiger partial charge >= 0.3 is 0 Å². The third kappa shape index (κ3) is 3.57. The number of amides is 1. The van der Waals surface area contributed by atoms with Gasteiger partial charge in [0.1, 0.15) is 0 Å². The van der Waals surface area contributed by atoms with Gasteiger partial charge in [-0.25, -0.2) is 8.42 Å². The molecule has 0 aromatic heterocycles. The zero-order chi connectivity index (χ0) is 16.4. The molecule has 0 bridgehead atoms. The number of hydrogen-bond acceptors (Lipinski definition) is 4. The molecule has 1 unspecified atom stereocenters. The molecule has 2 aliphatic rings. The second-order valence-corrected chi connectivity index (χ2v) is 8.03. The van der Waals surface area contributed by atoms with Crippen LogP contribution in [0.5, 0.6) is 0 Å². The molecular weight excluding hydrogens is 316 g/mol. The fourth-order valence-electron chi connectivity index (χ4n) is 2.85. The highest BCUT2D eigenvalue weighted by molar-refractivity contribution is 7.89. The highest BCUT2D eigenvalue weighted by Crippen LogP contribution is 2.33. The maximum Gasteiger partial charge on any atom is 0.251 e. The van der Waals surface area contributed by atoms with Crippen molar-refractivity contribution in [1.29, 1.82) is 0 Å². The largest absolute Gasteiger partial charge is 0.381 e. The Bertz CT molecular complexity index is 662. The number of hydrogen-bond donors (Lipinski definition) is 1. The summed E-state index contributed by atoms with van der Waals surface area (Å²) in [6.45, 7) is 1.86. The Hall–Kier alpha value is -1.44. The van der Waals surface area contributed by atoms with Crippen LogP contribution in [0.15, 0.2) is 29.2 Å². The lowest BCUT2D eigenvalue weighted by atomic mass is 10.1. The Labute approximate surface area is 136 Å². The van der Waals surface area contributed by atoms with Crippen LogP contribution in [0.3, 0.4) is 0 Å². The van der Waals surface area contributed by atoms with Crippen LogP contribution in [0, 0.1) is 5.92 Å². The first kappa shape index (κ1) is 16.4. The van der Waals surface area contributed by atoms with Crippen molar-refractivity contribution < 1.29 is 17.9 Å². The van der Waals surface area contributed by atoms with Gasteiger partial charge < -0.3 is 10.1 Å². The van der Waals surface area contributed by atoms with E-state index in [-0.39, 0.29) is 22.8 Å². The summed E-state index contributed by atoms with van der Waals surface area (Å²) in [5.41, 5.74) is 0.452. The summed E-state index contributed by atoms with van der Waals surface area (Å²) in [5, 5.41) is 2.53. The van der Waals surface area contributed by atoms with E-state index in [1.54, 1.807) is 23.5 Å². The van der Waals surface area contributed by atoms with Crippen molar-refractivity contribution >= 4 is 15.9 Å². The topological polar surface area (TPSA) is 75.7 Å². The molecule has 1 atom stereocenters. The molecule has 0 radical (unpaired) electrons. The molecule has 126 valence electrons. The van der Waals surface area contributed by atoms with E-state index in [1.165, 1.54) is 12.1 Å². The first-order valence-corrected chi connectivity index (χ1v) is 9.38. The molecule has 1 aliphatic carbocycles. The maximum atomic E-state index is 12.9. The smallest absolute Gasteiger partial charge is 0.251 e. The van der Waals surface area contributed by atoms with Crippen LogP contribution in [0.25, 0.3) is 0 Å². The summed E-state index contributed by atoms with van der Waals surface area (Å²) in [5.74, 6) is 0.0478. The SMILES string of the molecule is CNC(=O)c1ccc(S(=O)(=O)N(CC2CCOC2)C2CC2)cc1. The molecule has 1 aromatic carbocycles. The van der Waals surface area contributed by atoms with Crippen molar-refractivity contribution in [3.05, 3.63) is 29.8 Å². The lowest BCUT2D eigenvalue weighted by Gasteiger charge is -2.24. The van der Waals surface area contributed by atoms with Crippen LogP contribution in [0.4, 0.5) is 0 Å². The molecule has 1 aliphatic heterocycles. The summed E-state index contributed by atoms with van der Waals surface area (Å²) >= 11 is 0. The fraction of sp³-hybridized carbons (Fsp3) is 0.562. The summed E-state index contributed by atoms with van der Waals surface area (Å²) in [6.07, 6.45) is 2.75. The van der Waals surface area contributed by atoms with Crippen LogP contribution in [0.2, 0.25) is 0 Å². The van der Waals surface area contributed by atoms with Gasteiger partial charge in [0, 0.05) is 31.8 Å². The van der Waals surface area contributed by atoms with E-state index in [0.29, 0.717) is 25.3 Å². The third-order valence-corrected chi connectivity index (χ3v) is 6.30. The van der Waals surface area contributed by atoms with E-state index in [0.717, 1.165) is 19.3 Å². The monoisotopic (exact) mass is 338 g/mol. The molecule has 23 heavy (non-hydrogen) atoms. The summed E-state index contributed by atoms with van der Waals surface area (Å²) < 4.78 is 32.9. The molecule has 7 heteroatoms. The normalized spacial score (nSPS) is 21.6. The molecule has 1 amide bonds. The molecule has 3 rings (SSSR count). The third-order valence-electron chi connectivity index (χ3n) is 4.37. The van der Waals surface area contributed by atoms with Crippen molar-refractivity contribution in [2.45, 2.75) is 30.2 Å². The molecular formula is C16H22N2O4S. The Morgan fingerprint density at radius 1 is 1.26 bits per heavy atom. The lowest BCUT2D eigenvalue weighted by Crippen LogP contribution is -2.37. The van der Waals surface area contributed by atoms with Gasteiger partial charge in [0.05, 0.1) is 11.5 Å². The average Bonchev–Trinajstić information content (AvgIpc) is 3.27. The van der Waals surface area contributed by atoms with Crippen LogP contribution in [-0.2, 0) is 14.8 Å². The van der Waals surface area contributed by atoms with E-state index >= 15 is 0 Å². The number of rotatable bonds is 6. The second kappa shape index (κ2) is 6.59. The van der Waals surface area contributed by atoms with Crippen molar-refractivity contribution in [3.63, 3.8) is 0 Å². The van der Waals surface area contributed by atoms with Crippen molar-refractivity contribution in [2.24, 2.45) is 5.92 Å². The molecule has 6 nitrogen and oxygen atoms in total. The molecule has 1 N–H and O–H groups in total. The quantitative estimate of drug-likeness (QED) is 0.847. The summed E-state index contributed by atoms with van der Waals surface area (Å²) in [7, 11) is -1.98. The number of carbonyl (C=O) groups excluding carboxylic acids is 1. The van der Waals surface area contributed by atoms with E-state index < -0.39 is 10.0 Å². The van der Waals surface area contributed by atoms with E-state index in [9.17, 15) is 13.2 Å². The van der Waals surface area contributed by atoms with Crippen LogP contribution in [0.1, 0.15) is 29.6 Å². The zero-order valence-corrected chi connectivity index (χ0v) is 14.0. The van der Waals surface area contributed by atoms with Crippen LogP contribution < -0.4 is 5.32 Å². The molecule has 1 saturated heterocycles. The van der Waals surface area contributed by atoms with Crippen molar-refractivity contribution in [3.8, 4) is 0 Å². The number of nitrogens with zero attached hydrogens (tertiary/aromatic N) is 1. The number of sulfonamides is 1. The van der Waals surface area contributed by atoms with Gasteiger partial charge in [-0.05, 0) is 49.4 Å². The minimum Gasteiger partial charge on any atom is -0.381 e. The average molecular weight is 338 g/mol. The molecule has 0 spiro atoms. The number of ether oxygens (including phenoxy) is 1. The first-order valence-electron chi connectivity index (χ1n) is 7.94. The predicted molar refractivity (Wildman–Crippen MR) is 85.7 cm³/mol. The number of nitrogens with one attached hydrogen (secondary N) is 1. The van der Waals surface area contributed by atoms with Gasteiger partial charge in [-0.1, -0.05) is 0 Å². The molecule has 2 fully saturated rings. The highest BCUT2D eigenvalue weighted by atomic mass is 32.2. The van der Waals surface area contributed by atoms with Gasteiger partial charge in [-0.15, -0.1) is 0 Å². The first-order chi connectivity index (χ1) is 11.0. The maximum absolute atomic E-state index is 12.9. The number of benzene rings is 1. The molecule has 1 aromatic rings. The Morgan fingerprint density at radius 3 is 2.48 bits per heavy atom. The van der Waals surface area contributed by atoms with Gasteiger partial charge in [-0.3, -0.25) is 4.79 Å². The minimum atomic E-state index is -3.53. The van der Waals surface area contributed by atoms with Crippen molar-refractivity contribution in [2.75, 3.05) is 26.8 Å². The minimum absolute atomic E-state index is 0.110. The number of carbonyl (C=O) groups is 1. The molecule has 1 heterocycles. The van der Waals surface area contributed by atoms with Crippen LogP contribution >= 0.6 is 0 Å². The summed E-state index contributed by atoms with van der Waals surface area (Å²) in [6, 6.07) is 6.24. The second-order valence-electron chi connectivity index (χ2n) is 6.14. The van der Waals surface area contributed by atoms with Crippen molar-refractivity contribution in [1.82, 2.24) is 9.62 Å². The van der Waals surface area contributed by atoms with Gasteiger partial charge in [0.15, 0.2) is 0 Å². The fourth-order valence-corrected chi connectivity index (χ4v) is 4.61. The van der Waals surface area contributed by atoms with Gasteiger partial charge in [0.2, 0.25) is 10.0 Å². The van der Waals surface area contributed by atoms with E-state index in [2.05, 4.69) is 5.32 Å². The lowest BCUT2D eigenvalue weighted by molar-refractivity contribution is 0.0963. The Kier molecular flexibility index (Phi) is 4.70. The Balaban J connectivity index is 1.81. The van der Waals surface area contributed by atoms with E-state index in [1.807, 2.05) is 0 Å². The highest BCUT2D eigenvalue weighted by Gasteiger charge is 2.39. The summed E-state index contributed by atoms with van der Waals surface area (Å²) in [4.78, 5) is 11.8. The van der Waals surface area contributed by atoms with Gasteiger partial charge in [0.25, 0.3) is 5.91 Å². The Morgan fingerprint density at radius 2 is 1.96 bits per heavy atom. The molecule has 1 saturated carbocycles. The predicted octanol–water partition coefficient (Wildman–Crippen LogP) is 1.24.